The fraction of sp³-hybridized carbons (Fsp3) is 0.0400. The van der Waals surface area contributed by atoms with Gasteiger partial charge in [0, 0.05) is 10.5 Å². The molecule has 1 N–H and O–H groups in total. The van der Waals surface area contributed by atoms with Crippen molar-refractivity contribution in [1.82, 2.24) is 5.32 Å². The number of furan rings is 1. The molecule has 0 radical (unpaired) electrons. The summed E-state index contributed by atoms with van der Waals surface area (Å²) in [5, 5.41) is 5.30. The van der Waals surface area contributed by atoms with E-state index in [1.165, 1.54) is 29.2 Å². The summed E-state index contributed by atoms with van der Waals surface area (Å²) < 4.78 is 25.9. The highest BCUT2D eigenvalue weighted by atomic mass is 79.9. The molecule has 0 aliphatic carbocycles. The van der Waals surface area contributed by atoms with Crippen molar-refractivity contribution in [1.29, 1.82) is 0 Å². The van der Waals surface area contributed by atoms with Gasteiger partial charge in [-0.05, 0) is 83.7 Å². The minimum Gasteiger partial charge on any atom is -0.486 e. The van der Waals surface area contributed by atoms with Crippen LogP contribution in [0, 0.1) is 5.82 Å². The standard InChI is InChI=1S/C25H16BrFN2O3S/c26-17-3-1-16-12-20(8-2-15(16)11-17)31-14-22-10-9-21(32-22)13-23-24(30)29(25(33)28-23)19-6-4-18(27)5-7-19/h1-13H,14H2,(H,28,33)/b23-13+. The van der Waals surface area contributed by atoms with Crippen LogP contribution < -0.4 is 15.0 Å². The molecule has 0 unspecified atom stereocenters. The molecule has 1 aromatic heterocycles. The molecule has 2 heterocycles. The lowest BCUT2D eigenvalue weighted by atomic mass is 10.1. The molecule has 164 valence electrons. The van der Waals surface area contributed by atoms with Crippen LogP contribution in [0.15, 0.2) is 87.4 Å². The van der Waals surface area contributed by atoms with E-state index in [-0.39, 0.29) is 29.1 Å². The zero-order chi connectivity index (χ0) is 22.9. The monoisotopic (exact) mass is 522 g/mol. The van der Waals surface area contributed by atoms with Crippen molar-refractivity contribution in [3.63, 3.8) is 0 Å². The first-order chi connectivity index (χ1) is 16.0. The van der Waals surface area contributed by atoms with Gasteiger partial charge in [0.15, 0.2) is 5.11 Å². The van der Waals surface area contributed by atoms with Crippen molar-refractivity contribution in [2.45, 2.75) is 6.61 Å². The third-order valence-corrected chi connectivity index (χ3v) is 5.86. The highest BCUT2D eigenvalue weighted by Crippen LogP contribution is 2.26. The Morgan fingerprint density at radius 2 is 1.79 bits per heavy atom. The summed E-state index contributed by atoms with van der Waals surface area (Å²) in [5.41, 5.74) is 0.755. The van der Waals surface area contributed by atoms with Crippen LogP contribution in [0.4, 0.5) is 10.1 Å². The first-order valence-electron chi connectivity index (χ1n) is 10.00. The molecule has 0 atom stereocenters. The van der Waals surface area contributed by atoms with Crippen molar-refractivity contribution in [2.75, 3.05) is 4.90 Å². The third kappa shape index (κ3) is 4.53. The summed E-state index contributed by atoms with van der Waals surface area (Å²) in [6.07, 6.45) is 1.58. The number of nitrogens with zero attached hydrogens (tertiary/aromatic N) is 1. The number of anilines is 1. The van der Waals surface area contributed by atoms with Crippen LogP contribution in [0.2, 0.25) is 0 Å². The van der Waals surface area contributed by atoms with E-state index in [2.05, 4.69) is 21.2 Å². The van der Waals surface area contributed by atoms with E-state index < -0.39 is 0 Å². The molecule has 1 saturated heterocycles. The van der Waals surface area contributed by atoms with Gasteiger partial charge in [-0.3, -0.25) is 9.69 Å². The molecular formula is C25H16BrFN2O3S. The first-order valence-corrected chi connectivity index (χ1v) is 11.2. The SMILES string of the molecule is O=C1/C(=C\c2ccc(COc3ccc4cc(Br)ccc4c3)o2)NC(=S)N1c1ccc(F)cc1. The topological polar surface area (TPSA) is 54.7 Å². The Hall–Kier alpha value is -3.49. The van der Waals surface area contributed by atoms with Crippen molar-refractivity contribution in [3.8, 4) is 5.75 Å². The maximum atomic E-state index is 13.2. The van der Waals surface area contributed by atoms with Gasteiger partial charge < -0.3 is 14.5 Å². The van der Waals surface area contributed by atoms with E-state index in [0.717, 1.165) is 21.0 Å². The maximum absolute atomic E-state index is 13.2. The van der Waals surface area contributed by atoms with E-state index in [4.69, 9.17) is 21.4 Å². The maximum Gasteiger partial charge on any atom is 0.281 e. The molecular weight excluding hydrogens is 507 g/mol. The number of fused-ring (bicyclic) bond motifs is 1. The minimum atomic E-state index is -0.387. The number of thiocarbonyl (C=S) groups is 1. The van der Waals surface area contributed by atoms with Gasteiger partial charge in [0.25, 0.3) is 5.91 Å². The van der Waals surface area contributed by atoms with Crippen LogP contribution in [0.1, 0.15) is 11.5 Å². The van der Waals surface area contributed by atoms with Crippen LogP contribution in [0.3, 0.4) is 0 Å². The van der Waals surface area contributed by atoms with E-state index in [9.17, 15) is 9.18 Å². The number of carbonyl (C=O) groups is 1. The number of ether oxygens (including phenoxy) is 1. The lowest BCUT2D eigenvalue weighted by molar-refractivity contribution is -0.113. The molecule has 3 aromatic carbocycles. The van der Waals surface area contributed by atoms with Crippen molar-refractivity contribution < 1.29 is 18.3 Å². The van der Waals surface area contributed by atoms with E-state index >= 15 is 0 Å². The Bertz CT molecular complexity index is 1410. The van der Waals surface area contributed by atoms with Gasteiger partial charge in [0.05, 0.1) is 5.69 Å². The highest BCUT2D eigenvalue weighted by molar-refractivity contribution is 9.10. The van der Waals surface area contributed by atoms with Gasteiger partial charge in [-0.15, -0.1) is 0 Å². The van der Waals surface area contributed by atoms with E-state index in [1.54, 1.807) is 18.2 Å². The molecule has 0 spiro atoms. The van der Waals surface area contributed by atoms with Gasteiger partial charge in [-0.1, -0.05) is 28.1 Å². The zero-order valence-corrected chi connectivity index (χ0v) is 19.5. The molecule has 1 aliphatic rings. The van der Waals surface area contributed by atoms with Crippen LogP contribution in [0.25, 0.3) is 16.8 Å². The van der Waals surface area contributed by atoms with Gasteiger partial charge in [0.2, 0.25) is 0 Å². The molecule has 33 heavy (non-hydrogen) atoms. The first kappa shape index (κ1) is 21.4. The Kier molecular flexibility index (Phi) is 5.70. The number of hydrogen-bond acceptors (Lipinski definition) is 4. The highest BCUT2D eigenvalue weighted by Gasteiger charge is 2.32. The third-order valence-electron chi connectivity index (χ3n) is 5.09. The van der Waals surface area contributed by atoms with Crippen molar-refractivity contribution in [3.05, 3.63) is 100 Å². The normalized spacial score (nSPS) is 14.8. The molecule has 1 amide bonds. The van der Waals surface area contributed by atoms with Crippen LogP contribution >= 0.6 is 28.1 Å². The number of nitrogens with one attached hydrogen (secondary N) is 1. The summed E-state index contributed by atoms with van der Waals surface area (Å²) >= 11 is 8.75. The molecule has 0 bridgehead atoms. The van der Waals surface area contributed by atoms with Crippen molar-refractivity contribution in [2.24, 2.45) is 0 Å². The number of rotatable bonds is 5. The second kappa shape index (κ2) is 8.80. The number of benzene rings is 3. The Labute approximate surface area is 202 Å². The summed E-state index contributed by atoms with van der Waals surface area (Å²) in [5.74, 6) is 1.09. The number of hydrogen-bond donors (Lipinski definition) is 1. The second-order valence-corrected chi connectivity index (χ2v) is 8.65. The quantitative estimate of drug-likeness (QED) is 0.250. The Morgan fingerprint density at radius 3 is 2.61 bits per heavy atom. The molecule has 0 saturated carbocycles. The Balaban J connectivity index is 1.28. The summed E-state index contributed by atoms with van der Waals surface area (Å²) in [4.78, 5) is 14.1. The molecule has 1 aliphatic heterocycles. The minimum absolute atomic E-state index is 0.219. The van der Waals surface area contributed by atoms with Gasteiger partial charge in [-0.2, -0.15) is 0 Å². The molecule has 5 nitrogen and oxygen atoms in total. The average molecular weight is 523 g/mol. The summed E-state index contributed by atoms with van der Waals surface area (Å²) in [7, 11) is 0. The van der Waals surface area contributed by atoms with Crippen LogP contribution in [-0.2, 0) is 11.4 Å². The average Bonchev–Trinajstić information content (AvgIpc) is 3.36. The van der Waals surface area contributed by atoms with E-state index in [1.807, 2.05) is 36.4 Å². The summed E-state index contributed by atoms with van der Waals surface area (Å²) in [6.45, 7) is 0.243. The molecule has 4 aromatic rings. The lowest BCUT2D eigenvalue weighted by Crippen LogP contribution is -2.30. The fourth-order valence-corrected chi connectivity index (χ4v) is 4.17. The van der Waals surface area contributed by atoms with E-state index in [0.29, 0.717) is 17.2 Å². The molecule has 8 heteroatoms. The molecule has 1 fully saturated rings. The van der Waals surface area contributed by atoms with Gasteiger partial charge in [0.1, 0.15) is 35.4 Å². The van der Waals surface area contributed by atoms with Gasteiger partial charge in [-0.25, -0.2) is 4.39 Å². The van der Waals surface area contributed by atoms with Crippen LogP contribution in [-0.4, -0.2) is 11.0 Å². The Morgan fingerprint density at radius 1 is 1.03 bits per heavy atom. The van der Waals surface area contributed by atoms with Crippen molar-refractivity contribution >= 4 is 61.7 Å². The van der Waals surface area contributed by atoms with Crippen LogP contribution in [0.5, 0.6) is 5.75 Å². The predicted octanol–water partition coefficient (Wildman–Crippen LogP) is 6.18. The largest absolute Gasteiger partial charge is 0.486 e. The molecule has 5 rings (SSSR count). The van der Waals surface area contributed by atoms with Gasteiger partial charge >= 0.3 is 0 Å². The lowest BCUT2D eigenvalue weighted by Gasteiger charge is -2.13. The predicted molar refractivity (Wildman–Crippen MR) is 132 cm³/mol. The number of halogens is 2. The number of carbonyl (C=O) groups excluding carboxylic acids is 1. The second-order valence-electron chi connectivity index (χ2n) is 7.35. The number of amides is 1. The summed E-state index contributed by atoms with van der Waals surface area (Å²) in [6, 6.07) is 21.0. The zero-order valence-electron chi connectivity index (χ0n) is 17.0. The smallest absolute Gasteiger partial charge is 0.281 e. The fourth-order valence-electron chi connectivity index (χ4n) is 3.49.